The molecule has 174 valence electrons. The molecular weight excluding hydrogens is 360 g/mol. The van der Waals surface area contributed by atoms with Gasteiger partial charge >= 0.3 is 0 Å². The van der Waals surface area contributed by atoms with Crippen LogP contribution in [0.15, 0.2) is 0 Å². The maximum absolute atomic E-state index is 2.79. The average molecular weight is 415 g/mol. The summed E-state index contributed by atoms with van der Waals surface area (Å²) in [4.78, 5) is 0. The second kappa shape index (κ2) is 7.52. The highest BCUT2D eigenvalue weighted by Gasteiger charge is 2.66. The minimum Gasteiger partial charge on any atom is -0.0651 e. The van der Waals surface area contributed by atoms with Gasteiger partial charge in [0, 0.05) is 0 Å². The molecule has 4 fully saturated rings. The molecule has 4 aliphatic rings. The summed E-state index contributed by atoms with van der Waals surface area (Å²) in [6, 6.07) is 0. The molecule has 1 unspecified atom stereocenters. The molecule has 0 N–H and O–H groups in total. The van der Waals surface area contributed by atoms with Crippen molar-refractivity contribution in [1.82, 2.24) is 0 Å². The number of rotatable bonds is 4. The Morgan fingerprint density at radius 1 is 0.767 bits per heavy atom. The largest absolute Gasteiger partial charge is 0.0651 e. The molecule has 0 aliphatic heterocycles. The molecule has 0 heteroatoms. The van der Waals surface area contributed by atoms with Crippen LogP contribution in [0.4, 0.5) is 0 Å². The van der Waals surface area contributed by atoms with Gasteiger partial charge in [-0.05, 0) is 115 Å². The zero-order valence-electron chi connectivity index (χ0n) is 22.0. The maximum Gasteiger partial charge on any atom is -0.0236 e. The molecule has 0 nitrogen and oxygen atoms in total. The quantitative estimate of drug-likeness (QED) is 0.429. The molecule has 0 amide bonds. The van der Waals surface area contributed by atoms with Crippen LogP contribution in [0, 0.1) is 50.7 Å². The molecule has 0 radical (unpaired) electrons. The van der Waals surface area contributed by atoms with E-state index >= 15 is 0 Å². The van der Waals surface area contributed by atoms with Gasteiger partial charge in [-0.1, -0.05) is 74.7 Å². The van der Waals surface area contributed by atoms with E-state index < -0.39 is 0 Å². The van der Waals surface area contributed by atoms with Gasteiger partial charge < -0.3 is 0 Å². The van der Waals surface area contributed by atoms with E-state index in [2.05, 4.69) is 55.4 Å². The highest BCUT2D eigenvalue weighted by molar-refractivity contribution is 5.15. The van der Waals surface area contributed by atoms with Crippen LogP contribution in [0.3, 0.4) is 0 Å². The van der Waals surface area contributed by atoms with E-state index in [0.717, 1.165) is 23.7 Å². The van der Waals surface area contributed by atoms with Crippen LogP contribution in [0.1, 0.15) is 139 Å². The Bertz CT molecular complexity index is 632. The Labute approximate surface area is 189 Å². The standard InChI is InChI=1S/C30H54/c1-9-22(2)13-17-27(5)19-20-29(7)23(21-27)11-12-25-28(6)16-10-15-26(3,4)24(28)14-18-30(25,29)8/h22-25H,9-21H2,1-8H3/t22-,23+,24?,25+,27+,28-,29+,30+/m0/s1. The molecule has 8 atom stereocenters. The van der Waals surface area contributed by atoms with E-state index in [-0.39, 0.29) is 0 Å². The minimum absolute atomic E-state index is 0.563. The molecule has 0 aromatic heterocycles. The molecule has 4 saturated carbocycles. The van der Waals surface area contributed by atoms with Crippen molar-refractivity contribution in [3.8, 4) is 0 Å². The van der Waals surface area contributed by atoms with E-state index in [1.165, 1.54) is 83.5 Å². The third-order valence-corrected chi connectivity index (χ3v) is 12.7. The lowest BCUT2D eigenvalue weighted by Gasteiger charge is -2.71. The Hall–Kier alpha value is 0. The molecule has 0 bridgehead atoms. The molecule has 0 aromatic carbocycles. The first kappa shape index (κ1) is 23.2. The predicted octanol–water partition coefficient (Wildman–Crippen LogP) is 9.67. The minimum atomic E-state index is 0.563. The van der Waals surface area contributed by atoms with Gasteiger partial charge in [0.1, 0.15) is 0 Å². The van der Waals surface area contributed by atoms with Gasteiger partial charge in [0.2, 0.25) is 0 Å². The van der Waals surface area contributed by atoms with Crippen LogP contribution < -0.4 is 0 Å². The summed E-state index contributed by atoms with van der Waals surface area (Å²) in [6.45, 7) is 21.0. The topological polar surface area (TPSA) is 0 Å². The zero-order chi connectivity index (χ0) is 22.0. The lowest BCUT2D eigenvalue weighted by molar-refractivity contribution is -0.223. The third kappa shape index (κ3) is 3.36. The van der Waals surface area contributed by atoms with Crippen LogP contribution in [-0.4, -0.2) is 0 Å². The fraction of sp³-hybridized carbons (Fsp3) is 1.00. The van der Waals surface area contributed by atoms with Crippen LogP contribution in [0.25, 0.3) is 0 Å². The monoisotopic (exact) mass is 414 g/mol. The van der Waals surface area contributed by atoms with Crippen molar-refractivity contribution in [2.75, 3.05) is 0 Å². The van der Waals surface area contributed by atoms with E-state index in [1.807, 2.05) is 0 Å². The SMILES string of the molecule is CC[C@H](C)CC[C@]1(C)CC[C@]2(C)[C@H](CC[C@@H]3[C@@]4(C)CCCC(C)(C)C4CC[C@]32C)C1. The van der Waals surface area contributed by atoms with Gasteiger partial charge in [-0.15, -0.1) is 0 Å². The van der Waals surface area contributed by atoms with Crippen LogP contribution >= 0.6 is 0 Å². The Morgan fingerprint density at radius 3 is 2.20 bits per heavy atom. The van der Waals surface area contributed by atoms with E-state index in [1.54, 1.807) is 0 Å². The Balaban J connectivity index is 1.57. The summed E-state index contributed by atoms with van der Waals surface area (Å²) in [7, 11) is 0. The Morgan fingerprint density at radius 2 is 1.50 bits per heavy atom. The first-order valence-corrected chi connectivity index (χ1v) is 13.9. The molecule has 0 heterocycles. The second-order valence-corrected chi connectivity index (χ2v) is 14.7. The number of fused-ring (bicyclic) bond motifs is 5. The highest BCUT2D eigenvalue weighted by Crippen LogP contribution is 2.74. The van der Waals surface area contributed by atoms with Crippen molar-refractivity contribution in [2.45, 2.75) is 139 Å². The van der Waals surface area contributed by atoms with Gasteiger partial charge in [0.05, 0.1) is 0 Å². The molecule has 0 spiro atoms. The maximum atomic E-state index is 2.79. The lowest BCUT2D eigenvalue weighted by Crippen LogP contribution is -2.63. The van der Waals surface area contributed by atoms with Crippen LogP contribution in [0.2, 0.25) is 0 Å². The van der Waals surface area contributed by atoms with Crippen molar-refractivity contribution >= 4 is 0 Å². The van der Waals surface area contributed by atoms with Crippen molar-refractivity contribution in [2.24, 2.45) is 50.7 Å². The van der Waals surface area contributed by atoms with Crippen molar-refractivity contribution in [3.05, 3.63) is 0 Å². The molecule has 0 saturated heterocycles. The molecule has 0 aromatic rings. The summed E-state index contributed by atoms with van der Waals surface area (Å²) in [5, 5.41) is 0. The van der Waals surface area contributed by atoms with E-state index in [0.29, 0.717) is 27.1 Å². The van der Waals surface area contributed by atoms with Gasteiger partial charge in [0.15, 0.2) is 0 Å². The molecule has 4 rings (SSSR count). The Kier molecular flexibility index (Phi) is 5.80. The van der Waals surface area contributed by atoms with Crippen molar-refractivity contribution in [1.29, 1.82) is 0 Å². The molecule has 4 aliphatic carbocycles. The predicted molar refractivity (Wildman–Crippen MR) is 132 cm³/mol. The summed E-state index contributed by atoms with van der Waals surface area (Å²) >= 11 is 0. The average Bonchev–Trinajstić information content (AvgIpc) is 2.67. The lowest BCUT2D eigenvalue weighted by atomic mass is 9.33. The summed E-state index contributed by atoms with van der Waals surface area (Å²) in [6.07, 6.45) is 19.3. The number of hydrogen-bond donors (Lipinski definition) is 0. The first-order chi connectivity index (χ1) is 13.9. The summed E-state index contributed by atoms with van der Waals surface area (Å²) in [5.74, 6) is 3.81. The third-order valence-electron chi connectivity index (χ3n) is 12.7. The summed E-state index contributed by atoms with van der Waals surface area (Å²) < 4.78 is 0. The fourth-order valence-electron chi connectivity index (χ4n) is 10.2. The van der Waals surface area contributed by atoms with Crippen molar-refractivity contribution < 1.29 is 0 Å². The fourth-order valence-corrected chi connectivity index (χ4v) is 10.2. The second-order valence-electron chi connectivity index (χ2n) is 14.7. The normalized spacial score (nSPS) is 51.4. The molecule has 30 heavy (non-hydrogen) atoms. The number of hydrogen-bond acceptors (Lipinski definition) is 0. The van der Waals surface area contributed by atoms with E-state index in [4.69, 9.17) is 0 Å². The van der Waals surface area contributed by atoms with Gasteiger partial charge in [-0.3, -0.25) is 0 Å². The molecular formula is C30H54. The van der Waals surface area contributed by atoms with Crippen LogP contribution in [0.5, 0.6) is 0 Å². The highest BCUT2D eigenvalue weighted by atomic mass is 14.7. The van der Waals surface area contributed by atoms with E-state index in [9.17, 15) is 0 Å². The first-order valence-electron chi connectivity index (χ1n) is 13.9. The van der Waals surface area contributed by atoms with Gasteiger partial charge in [0.25, 0.3) is 0 Å². The van der Waals surface area contributed by atoms with Gasteiger partial charge in [-0.2, -0.15) is 0 Å². The van der Waals surface area contributed by atoms with Crippen molar-refractivity contribution in [3.63, 3.8) is 0 Å². The van der Waals surface area contributed by atoms with Gasteiger partial charge in [-0.25, -0.2) is 0 Å². The summed E-state index contributed by atoms with van der Waals surface area (Å²) in [5.41, 5.74) is 2.94. The smallest absolute Gasteiger partial charge is 0.0236 e. The van der Waals surface area contributed by atoms with Crippen LogP contribution in [-0.2, 0) is 0 Å². The zero-order valence-corrected chi connectivity index (χ0v) is 22.0.